The number of piperazine rings is 1. The van der Waals surface area contributed by atoms with E-state index in [9.17, 15) is 5.26 Å². The minimum absolute atomic E-state index is 0.736. The lowest BCUT2D eigenvalue weighted by Crippen LogP contribution is -2.47. The Morgan fingerprint density at radius 1 is 1.32 bits per heavy atom. The number of benzene rings is 1. The third-order valence-corrected chi connectivity index (χ3v) is 3.90. The zero-order valence-corrected chi connectivity index (χ0v) is 12.7. The van der Waals surface area contributed by atoms with Gasteiger partial charge in [0.15, 0.2) is 0 Å². The highest BCUT2D eigenvalue weighted by Gasteiger charge is 2.18. The Hall–Kier alpha value is -1.09. The van der Waals surface area contributed by atoms with E-state index in [4.69, 9.17) is 4.74 Å². The van der Waals surface area contributed by atoms with Crippen molar-refractivity contribution in [2.24, 2.45) is 0 Å². The monoisotopic (exact) mass is 323 g/mol. The third kappa shape index (κ3) is 3.69. The van der Waals surface area contributed by atoms with Crippen LogP contribution in [0.5, 0.6) is 0 Å². The van der Waals surface area contributed by atoms with E-state index in [0.29, 0.717) is 0 Å². The summed E-state index contributed by atoms with van der Waals surface area (Å²) in [4.78, 5) is 4.68. The number of ether oxygens (including phenoxy) is 1. The molecule has 1 fully saturated rings. The largest absolute Gasteiger partial charge is 0.383 e. The van der Waals surface area contributed by atoms with Crippen LogP contribution in [0.3, 0.4) is 0 Å². The Morgan fingerprint density at radius 2 is 2.05 bits per heavy atom. The van der Waals surface area contributed by atoms with Crippen LogP contribution < -0.4 is 4.90 Å². The Bertz CT molecular complexity index is 464. The summed E-state index contributed by atoms with van der Waals surface area (Å²) < 4.78 is 6.05. The van der Waals surface area contributed by atoms with E-state index in [1.165, 1.54) is 0 Å². The van der Waals surface area contributed by atoms with Crippen molar-refractivity contribution in [1.29, 1.82) is 5.26 Å². The molecule has 5 heteroatoms. The van der Waals surface area contributed by atoms with Gasteiger partial charge in [-0.3, -0.25) is 4.90 Å². The van der Waals surface area contributed by atoms with Crippen LogP contribution in [-0.4, -0.2) is 51.3 Å². The summed E-state index contributed by atoms with van der Waals surface area (Å²) >= 11 is 3.41. The summed E-state index contributed by atoms with van der Waals surface area (Å²) in [6.07, 6.45) is 0. The molecule has 0 bridgehead atoms. The van der Waals surface area contributed by atoms with Gasteiger partial charge < -0.3 is 9.64 Å². The Kier molecular flexibility index (Phi) is 5.20. The molecule has 0 radical (unpaired) electrons. The standard InChI is InChI=1S/C14H18BrN3O/c1-19-9-8-17-4-6-18(7-5-17)14-3-2-13(15)10-12(14)11-16/h2-3,10H,4-9H2,1H3. The number of hydrogen-bond donors (Lipinski definition) is 0. The van der Waals surface area contributed by atoms with E-state index >= 15 is 0 Å². The minimum Gasteiger partial charge on any atom is -0.383 e. The van der Waals surface area contributed by atoms with Gasteiger partial charge in [-0.1, -0.05) is 15.9 Å². The molecule has 19 heavy (non-hydrogen) atoms. The summed E-state index contributed by atoms with van der Waals surface area (Å²) in [6.45, 7) is 5.71. The first-order valence-corrected chi connectivity index (χ1v) is 7.20. The van der Waals surface area contributed by atoms with Gasteiger partial charge in [0, 0.05) is 44.3 Å². The molecule has 0 unspecified atom stereocenters. The predicted molar refractivity (Wildman–Crippen MR) is 79.4 cm³/mol. The van der Waals surface area contributed by atoms with Crippen LogP contribution in [0.25, 0.3) is 0 Å². The van der Waals surface area contributed by atoms with Gasteiger partial charge in [-0.2, -0.15) is 5.26 Å². The van der Waals surface area contributed by atoms with E-state index in [1.807, 2.05) is 18.2 Å². The third-order valence-electron chi connectivity index (χ3n) is 3.40. The molecule has 0 atom stereocenters. The number of methoxy groups -OCH3 is 1. The van der Waals surface area contributed by atoms with E-state index < -0.39 is 0 Å². The van der Waals surface area contributed by atoms with Gasteiger partial charge in [-0.25, -0.2) is 0 Å². The van der Waals surface area contributed by atoms with E-state index in [0.717, 1.165) is 55.1 Å². The molecule has 2 rings (SSSR count). The van der Waals surface area contributed by atoms with Crippen LogP contribution in [0.15, 0.2) is 22.7 Å². The second kappa shape index (κ2) is 6.90. The Labute approximate surface area is 122 Å². The van der Waals surface area contributed by atoms with Crippen LogP contribution in [-0.2, 0) is 4.74 Å². The summed E-state index contributed by atoms with van der Waals surface area (Å²) in [7, 11) is 1.73. The highest BCUT2D eigenvalue weighted by Crippen LogP contribution is 2.24. The topological polar surface area (TPSA) is 39.5 Å². The molecule has 0 spiro atoms. The van der Waals surface area contributed by atoms with Gasteiger partial charge in [0.25, 0.3) is 0 Å². The second-order valence-corrected chi connectivity index (χ2v) is 5.51. The van der Waals surface area contributed by atoms with Crippen LogP contribution in [0.4, 0.5) is 5.69 Å². The van der Waals surface area contributed by atoms with Crippen molar-refractivity contribution in [1.82, 2.24) is 4.90 Å². The number of rotatable bonds is 4. The van der Waals surface area contributed by atoms with Gasteiger partial charge in [-0.15, -0.1) is 0 Å². The molecule has 4 nitrogen and oxygen atoms in total. The summed E-state index contributed by atoms with van der Waals surface area (Å²) in [5.41, 5.74) is 1.77. The zero-order chi connectivity index (χ0) is 13.7. The quantitative estimate of drug-likeness (QED) is 0.850. The predicted octanol–water partition coefficient (Wildman–Crippen LogP) is 2.09. The van der Waals surface area contributed by atoms with Crippen molar-refractivity contribution in [3.05, 3.63) is 28.2 Å². The van der Waals surface area contributed by atoms with Crippen LogP contribution in [0.2, 0.25) is 0 Å². The van der Waals surface area contributed by atoms with Gasteiger partial charge in [0.2, 0.25) is 0 Å². The fourth-order valence-corrected chi connectivity index (χ4v) is 2.67. The van der Waals surface area contributed by atoms with Gasteiger partial charge in [-0.05, 0) is 18.2 Å². The smallest absolute Gasteiger partial charge is 0.101 e. The fourth-order valence-electron chi connectivity index (χ4n) is 2.31. The number of hydrogen-bond acceptors (Lipinski definition) is 4. The molecule has 1 saturated heterocycles. The average molecular weight is 324 g/mol. The number of nitrogens with zero attached hydrogens (tertiary/aromatic N) is 3. The minimum atomic E-state index is 0.736. The molecule has 0 amide bonds. The van der Waals surface area contributed by atoms with E-state index in [-0.39, 0.29) is 0 Å². The second-order valence-electron chi connectivity index (χ2n) is 4.59. The first kappa shape index (κ1) is 14.3. The molecule has 0 aromatic heterocycles. The van der Waals surface area contributed by atoms with Crippen LogP contribution in [0.1, 0.15) is 5.56 Å². The lowest BCUT2D eigenvalue weighted by atomic mass is 10.1. The highest BCUT2D eigenvalue weighted by molar-refractivity contribution is 9.10. The first-order valence-electron chi connectivity index (χ1n) is 6.40. The maximum absolute atomic E-state index is 9.22. The van der Waals surface area contributed by atoms with E-state index in [1.54, 1.807) is 7.11 Å². The maximum atomic E-state index is 9.22. The molecule has 1 aliphatic rings. The van der Waals surface area contributed by atoms with Crippen molar-refractivity contribution in [2.45, 2.75) is 0 Å². The zero-order valence-electron chi connectivity index (χ0n) is 11.1. The lowest BCUT2D eigenvalue weighted by Gasteiger charge is -2.36. The van der Waals surface area contributed by atoms with Crippen LogP contribution in [0, 0.1) is 11.3 Å². The molecule has 102 valence electrons. The summed E-state index contributed by atoms with van der Waals surface area (Å²) in [5, 5.41) is 9.22. The lowest BCUT2D eigenvalue weighted by molar-refractivity contribution is 0.144. The average Bonchev–Trinajstić information content (AvgIpc) is 2.45. The normalized spacial score (nSPS) is 16.4. The molecule has 0 saturated carbocycles. The molecule has 1 aromatic rings. The molecule has 0 N–H and O–H groups in total. The Balaban J connectivity index is 2.00. The molecule has 0 aliphatic carbocycles. The number of anilines is 1. The summed E-state index contributed by atoms with van der Waals surface area (Å²) in [5.74, 6) is 0. The number of nitriles is 1. The summed E-state index contributed by atoms with van der Waals surface area (Å²) in [6, 6.07) is 8.17. The van der Waals surface area contributed by atoms with Crippen molar-refractivity contribution in [3.63, 3.8) is 0 Å². The first-order chi connectivity index (χ1) is 9.24. The van der Waals surface area contributed by atoms with Crippen molar-refractivity contribution in [2.75, 3.05) is 51.3 Å². The van der Waals surface area contributed by atoms with Gasteiger partial charge >= 0.3 is 0 Å². The van der Waals surface area contributed by atoms with Gasteiger partial charge in [0.1, 0.15) is 6.07 Å². The van der Waals surface area contributed by atoms with Crippen LogP contribution >= 0.6 is 15.9 Å². The van der Waals surface area contributed by atoms with Gasteiger partial charge in [0.05, 0.1) is 17.9 Å². The number of halogens is 1. The van der Waals surface area contributed by atoms with Crippen molar-refractivity contribution >= 4 is 21.6 Å². The molecule has 1 heterocycles. The van der Waals surface area contributed by atoms with Crippen molar-refractivity contribution in [3.8, 4) is 6.07 Å². The van der Waals surface area contributed by atoms with E-state index in [2.05, 4.69) is 31.8 Å². The molecule has 1 aliphatic heterocycles. The maximum Gasteiger partial charge on any atom is 0.101 e. The molecular formula is C14H18BrN3O. The Morgan fingerprint density at radius 3 is 2.68 bits per heavy atom. The SMILES string of the molecule is COCCN1CCN(c2ccc(Br)cc2C#N)CC1. The fraction of sp³-hybridized carbons (Fsp3) is 0.500. The molecular weight excluding hydrogens is 306 g/mol. The highest BCUT2D eigenvalue weighted by atomic mass is 79.9. The molecule has 1 aromatic carbocycles. The van der Waals surface area contributed by atoms with Crippen molar-refractivity contribution < 1.29 is 4.74 Å².